The van der Waals surface area contributed by atoms with Gasteiger partial charge in [-0.05, 0) is 23.6 Å². The van der Waals surface area contributed by atoms with E-state index < -0.39 is 29.2 Å². The van der Waals surface area contributed by atoms with Crippen LogP contribution in [0.5, 0.6) is 0 Å². The normalized spacial score (nSPS) is 12.8. The van der Waals surface area contributed by atoms with Crippen molar-refractivity contribution in [2.75, 3.05) is 0 Å². The highest BCUT2D eigenvalue weighted by Crippen LogP contribution is 2.23. The summed E-state index contributed by atoms with van der Waals surface area (Å²) in [5.41, 5.74) is -0.312. The van der Waals surface area contributed by atoms with Gasteiger partial charge in [-0.2, -0.15) is 0 Å². The summed E-state index contributed by atoms with van der Waals surface area (Å²) in [7, 11) is 0. The van der Waals surface area contributed by atoms with Crippen LogP contribution in [0.1, 0.15) is 37.6 Å². The number of hydrogen-bond acceptors (Lipinski definition) is 2. The van der Waals surface area contributed by atoms with Crippen molar-refractivity contribution in [1.82, 2.24) is 5.32 Å². The Hall–Kier alpha value is -1.62. The molecule has 0 aliphatic heterocycles. The van der Waals surface area contributed by atoms with Crippen LogP contribution in [0.4, 0.5) is 4.39 Å². The number of halogens is 2. The molecule has 0 aliphatic rings. The van der Waals surface area contributed by atoms with Gasteiger partial charge in [0.2, 0.25) is 0 Å². The molecule has 1 aromatic carbocycles. The van der Waals surface area contributed by atoms with Crippen molar-refractivity contribution in [3.8, 4) is 0 Å². The van der Waals surface area contributed by atoms with E-state index in [0.29, 0.717) is 0 Å². The Kier molecular flexibility index (Phi) is 5.11. The predicted molar refractivity (Wildman–Crippen MR) is 74.4 cm³/mol. The number of benzene rings is 1. The Bertz CT molecular complexity index is 526. The predicted octanol–water partition coefficient (Wildman–Crippen LogP) is 3.10. The van der Waals surface area contributed by atoms with E-state index in [0.717, 1.165) is 12.1 Å². The van der Waals surface area contributed by atoms with E-state index in [1.165, 1.54) is 6.07 Å². The maximum Gasteiger partial charge on any atom is 0.305 e. The van der Waals surface area contributed by atoms with Gasteiger partial charge >= 0.3 is 5.97 Å². The number of carboxylic acids is 1. The fraction of sp³-hybridized carbons (Fsp3) is 0.429. The molecule has 0 heterocycles. The average Bonchev–Trinajstić information content (AvgIpc) is 2.25. The zero-order chi connectivity index (χ0) is 15.5. The molecule has 0 fully saturated rings. The highest BCUT2D eigenvalue weighted by Gasteiger charge is 2.29. The van der Waals surface area contributed by atoms with Crippen molar-refractivity contribution >= 4 is 23.5 Å². The number of hydrogen-bond donors (Lipinski definition) is 2. The first-order chi connectivity index (χ1) is 9.11. The van der Waals surface area contributed by atoms with Crippen molar-refractivity contribution in [1.29, 1.82) is 0 Å². The van der Waals surface area contributed by atoms with Crippen LogP contribution in [0.2, 0.25) is 5.02 Å². The summed E-state index contributed by atoms with van der Waals surface area (Å²) < 4.78 is 12.9. The van der Waals surface area contributed by atoms with Gasteiger partial charge in [-0.25, -0.2) is 4.39 Å². The SMILES string of the molecule is CC(C)(C)C(CC(=O)O)NC(=O)c1ccc(F)cc1Cl. The molecule has 2 N–H and O–H groups in total. The summed E-state index contributed by atoms with van der Waals surface area (Å²) >= 11 is 5.81. The Balaban J connectivity index is 2.93. The molecule has 4 nitrogen and oxygen atoms in total. The molecule has 0 saturated heterocycles. The molecule has 1 rings (SSSR count). The molecule has 0 spiro atoms. The van der Waals surface area contributed by atoms with Gasteiger partial charge in [-0.1, -0.05) is 32.4 Å². The minimum atomic E-state index is -1.00. The molecule has 0 bridgehead atoms. The molecule has 1 amide bonds. The Morgan fingerprint density at radius 3 is 2.45 bits per heavy atom. The lowest BCUT2D eigenvalue weighted by atomic mass is 9.84. The molecular formula is C14H17ClFNO3. The number of rotatable bonds is 4. The second-order valence-corrected chi connectivity index (χ2v) is 6.02. The van der Waals surface area contributed by atoms with Crippen molar-refractivity contribution in [3.05, 3.63) is 34.6 Å². The van der Waals surface area contributed by atoms with Crippen LogP contribution in [0, 0.1) is 11.2 Å². The second-order valence-electron chi connectivity index (χ2n) is 5.61. The zero-order valence-corrected chi connectivity index (χ0v) is 12.3. The molecule has 1 atom stereocenters. The monoisotopic (exact) mass is 301 g/mol. The van der Waals surface area contributed by atoms with E-state index in [9.17, 15) is 14.0 Å². The van der Waals surface area contributed by atoms with E-state index in [1.807, 2.05) is 20.8 Å². The fourth-order valence-corrected chi connectivity index (χ4v) is 1.91. The standard InChI is InChI=1S/C14H17ClFNO3/c1-14(2,3)11(7-12(18)19)17-13(20)9-5-4-8(16)6-10(9)15/h4-6,11H,7H2,1-3H3,(H,17,20)(H,18,19). The zero-order valence-electron chi connectivity index (χ0n) is 11.5. The number of carbonyl (C=O) groups excluding carboxylic acids is 1. The summed E-state index contributed by atoms with van der Waals surface area (Å²) in [5, 5.41) is 11.5. The maximum absolute atomic E-state index is 12.9. The Morgan fingerprint density at radius 2 is 2.00 bits per heavy atom. The third-order valence-electron chi connectivity index (χ3n) is 2.91. The summed E-state index contributed by atoms with van der Waals surface area (Å²) in [6.45, 7) is 5.48. The van der Waals surface area contributed by atoms with Crippen LogP contribution in [-0.4, -0.2) is 23.0 Å². The second kappa shape index (κ2) is 6.22. The van der Waals surface area contributed by atoms with Crippen molar-refractivity contribution in [3.63, 3.8) is 0 Å². The van der Waals surface area contributed by atoms with Crippen molar-refractivity contribution in [2.24, 2.45) is 5.41 Å². The van der Waals surface area contributed by atoms with Crippen LogP contribution in [0.15, 0.2) is 18.2 Å². The lowest BCUT2D eigenvalue weighted by Crippen LogP contribution is -2.45. The van der Waals surface area contributed by atoms with Gasteiger partial charge in [0.1, 0.15) is 5.82 Å². The highest BCUT2D eigenvalue weighted by molar-refractivity contribution is 6.33. The Morgan fingerprint density at radius 1 is 1.40 bits per heavy atom. The third-order valence-corrected chi connectivity index (χ3v) is 3.22. The lowest BCUT2D eigenvalue weighted by Gasteiger charge is -2.30. The summed E-state index contributed by atoms with van der Waals surface area (Å²) in [6, 6.07) is 2.88. The van der Waals surface area contributed by atoms with E-state index in [-0.39, 0.29) is 17.0 Å². The van der Waals surface area contributed by atoms with Crippen LogP contribution in [-0.2, 0) is 4.79 Å². The number of carboxylic acid groups (broad SMARTS) is 1. The minimum absolute atomic E-state index is 0.00881. The van der Waals surface area contributed by atoms with E-state index in [4.69, 9.17) is 16.7 Å². The van der Waals surface area contributed by atoms with E-state index in [2.05, 4.69) is 5.32 Å². The average molecular weight is 302 g/mol. The van der Waals surface area contributed by atoms with Crippen LogP contribution >= 0.6 is 11.6 Å². The number of nitrogens with one attached hydrogen (secondary N) is 1. The molecule has 0 aromatic heterocycles. The number of aliphatic carboxylic acids is 1. The van der Waals surface area contributed by atoms with Crippen molar-refractivity contribution < 1.29 is 19.1 Å². The van der Waals surface area contributed by atoms with Gasteiger partial charge in [0.25, 0.3) is 5.91 Å². The van der Waals surface area contributed by atoms with Gasteiger partial charge in [0.05, 0.1) is 17.0 Å². The van der Waals surface area contributed by atoms with Gasteiger partial charge in [0, 0.05) is 6.04 Å². The van der Waals surface area contributed by atoms with Gasteiger partial charge in [-0.15, -0.1) is 0 Å². The molecule has 0 radical (unpaired) electrons. The van der Waals surface area contributed by atoms with Gasteiger partial charge in [-0.3, -0.25) is 9.59 Å². The van der Waals surface area contributed by atoms with Crippen molar-refractivity contribution in [2.45, 2.75) is 33.2 Å². The lowest BCUT2D eigenvalue weighted by molar-refractivity contribution is -0.138. The molecule has 1 aromatic rings. The quantitative estimate of drug-likeness (QED) is 0.898. The van der Waals surface area contributed by atoms with Gasteiger partial charge in [0.15, 0.2) is 0 Å². The number of amides is 1. The largest absolute Gasteiger partial charge is 0.481 e. The molecular weight excluding hydrogens is 285 g/mol. The smallest absolute Gasteiger partial charge is 0.305 e. The third kappa shape index (κ3) is 4.49. The molecule has 110 valence electrons. The number of carbonyl (C=O) groups is 2. The first-order valence-electron chi connectivity index (χ1n) is 6.09. The van der Waals surface area contributed by atoms with E-state index in [1.54, 1.807) is 0 Å². The summed E-state index contributed by atoms with van der Waals surface area (Å²) in [4.78, 5) is 23.0. The first kappa shape index (κ1) is 16.4. The maximum atomic E-state index is 12.9. The highest BCUT2D eigenvalue weighted by atomic mass is 35.5. The Labute approximate surface area is 121 Å². The van der Waals surface area contributed by atoms with E-state index >= 15 is 0 Å². The van der Waals surface area contributed by atoms with Crippen LogP contribution < -0.4 is 5.32 Å². The minimum Gasteiger partial charge on any atom is -0.481 e. The topological polar surface area (TPSA) is 66.4 Å². The molecule has 0 aliphatic carbocycles. The fourth-order valence-electron chi connectivity index (χ4n) is 1.66. The molecule has 20 heavy (non-hydrogen) atoms. The molecule has 1 unspecified atom stereocenters. The van der Waals surface area contributed by atoms with Crippen LogP contribution in [0.3, 0.4) is 0 Å². The summed E-state index contributed by atoms with van der Waals surface area (Å²) in [5.74, 6) is -2.06. The van der Waals surface area contributed by atoms with Gasteiger partial charge < -0.3 is 10.4 Å². The first-order valence-corrected chi connectivity index (χ1v) is 6.46. The molecule has 0 saturated carbocycles. The van der Waals surface area contributed by atoms with Crippen LogP contribution in [0.25, 0.3) is 0 Å². The summed E-state index contributed by atoms with van der Waals surface area (Å²) in [6.07, 6.45) is -0.200. The molecule has 6 heteroatoms.